The monoisotopic (exact) mass is 461 g/mol. The van der Waals surface area contributed by atoms with E-state index in [9.17, 15) is 14.0 Å². The molecule has 0 aromatic heterocycles. The number of carbonyl (C=O) groups is 2. The summed E-state index contributed by atoms with van der Waals surface area (Å²) in [6.45, 7) is 6.15. The van der Waals surface area contributed by atoms with Crippen LogP contribution in [0.25, 0.3) is 0 Å². The third kappa shape index (κ3) is 7.27. The van der Waals surface area contributed by atoms with Crippen LogP contribution < -0.4 is 15.5 Å². The Morgan fingerprint density at radius 2 is 1.62 bits per heavy atom. The van der Waals surface area contributed by atoms with Crippen LogP contribution in [0.3, 0.4) is 0 Å². The Labute approximate surface area is 198 Å². The number of aryl methyl sites for hydroxylation is 1. The van der Waals surface area contributed by atoms with Crippen LogP contribution in [0.5, 0.6) is 5.75 Å². The van der Waals surface area contributed by atoms with Gasteiger partial charge in [0.2, 0.25) is 0 Å². The summed E-state index contributed by atoms with van der Waals surface area (Å²) in [6, 6.07) is 19.8. The number of nitrogens with zero attached hydrogens (tertiary/aromatic N) is 1. The Hall–Kier alpha value is -4.00. The number of amides is 2. The number of hydrogen-bond donors (Lipinski definition) is 2. The smallest absolute Gasteiger partial charge is 0.262 e. The number of carbonyl (C=O) groups excluding carboxylic acids is 2. The lowest BCUT2D eigenvalue weighted by atomic mass is 10.0. The molecule has 2 amide bonds. The van der Waals surface area contributed by atoms with E-state index in [1.165, 1.54) is 36.0 Å². The van der Waals surface area contributed by atoms with Crippen molar-refractivity contribution in [2.45, 2.75) is 33.4 Å². The highest BCUT2D eigenvalue weighted by molar-refractivity contribution is 5.97. The number of hydrogen-bond acceptors (Lipinski definition) is 4. The Balaban J connectivity index is 1.52. The molecule has 3 aromatic carbocycles. The van der Waals surface area contributed by atoms with Gasteiger partial charge in [-0.1, -0.05) is 43.7 Å². The first-order valence-corrected chi connectivity index (χ1v) is 11.0. The zero-order valence-electron chi connectivity index (χ0n) is 19.4. The van der Waals surface area contributed by atoms with E-state index in [2.05, 4.69) is 15.8 Å². The SMILES string of the molecule is Cc1ccc(COc2ccc(C=NNC(=O)C(NC(=O)c3ccc(F)cc3)C(C)C)cc2)cc1. The molecule has 0 heterocycles. The highest BCUT2D eigenvalue weighted by atomic mass is 19.1. The molecule has 0 aliphatic rings. The van der Waals surface area contributed by atoms with E-state index in [4.69, 9.17) is 4.74 Å². The van der Waals surface area contributed by atoms with Crippen LogP contribution in [0.2, 0.25) is 0 Å². The molecule has 3 rings (SSSR count). The lowest BCUT2D eigenvalue weighted by Gasteiger charge is -2.20. The fourth-order valence-electron chi connectivity index (χ4n) is 3.10. The molecule has 0 spiro atoms. The minimum Gasteiger partial charge on any atom is -0.489 e. The number of benzene rings is 3. The molecule has 1 unspecified atom stereocenters. The van der Waals surface area contributed by atoms with Gasteiger partial charge < -0.3 is 10.1 Å². The van der Waals surface area contributed by atoms with Crippen LogP contribution in [-0.2, 0) is 11.4 Å². The molecule has 1 atom stereocenters. The molecule has 0 aliphatic carbocycles. The summed E-state index contributed by atoms with van der Waals surface area (Å²) in [7, 11) is 0. The molecule has 0 fully saturated rings. The Kier molecular flexibility index (Phi) is 8.51. The van der Waals surface area contributed by atoms with Crippen LogP contribution in [0.15, 0.2) is 77.9 Å². The number of hydrazone groups is 1. The van der Waals surface area contributed by atoms with Crippen molar-refractivity contribution < 1.29 is 18.7 Å². The standard InChI is InChI=1S/C27H28FN3O3/c1-18(2)25(30-26(32)22-10-12-23(28)13-11-22)27(33)31-29-16-20-8-14-24(15-9-20)34-17-21-6-4-19(3)5-7-21/h4-16,18,25H,17H2,1-3H3,(H,30,32)(H,31,33). The highest BCUT2D eigenvalue weighted by Crippen LogP contribution is 2.14. The average molecular weight is 462 g/mol. The topological polar surface area (TPSA) is 79.8 Å². The predicted molar refractivity (Wildman–Crippen MR) is 130 cm³/mol. The maximum atomic E-state index is 13.1. The van der Waals surface area contributed by atoms with Crippen molar-refractivity contribution in [1.29, 1.82) is 0 Å². The second-order valence-corrected chi connectivity index (χ2v) is 8.28. The van der Waals surface area contributed by atoms with E-state index in [0.717, 1.165) is 16.9 Å². The average Bonchev–Trinajstić information content (AvgIpc) is 2.83. The van der Waals surface area contributed by atoms with Gasteiger partial charge in [-0.25, -0.2) is 9.82 Å². The molecule has 0 saturated heterocycles. The minimum absolute atomic E-state index is 0.176. The molecular formula is C27H28FN3O3. The van der Waals surface area contributed by atoms with Crippen molar-refractivity contribution in [2.75, 3.05) is 0 Å². The van der Waals surface area contributed by atoms with Gasteiger partial charge in [-0.05, 0) is 72.5 Å². The van der Waals surface area contributed by atoms with Crippen LogP contribution in [-0.4, -0.2) is 24.1 Å². The van der Waals surface area contributed by atoms with E-state index < -0.39 is 23.7 Å². The fraction of sp³-hybridized carbons (Fsp3) is 0.222. The van der Waals surface area contributed by atoms with Gasteiger partial charge in [0.1, 0.15) is 24.2 Å². The van der Waals surface area contributed by atoms with Gasteiger partial charge in [0.25, 0.3) is 11.8 Å². The molecule has 0 bridgehead atoms. The number of halogens is 1. The summed E-state index contributed by atoms with van der Waals surface area (Å²) in [5, 5.41) is 6.68. The third-order valence-corrected chi connectivity index (χ3v) is 5.14. The molecule has 34 heavy (non-hydrogen) atoms. The molecule has 6 nitrogen and oxygen atoms in total. The van der Waals surface area contributed by atoms with Gasteiger partial charge in [-0.2, -0.15) is 5.10 Å². The molecule has 176 valence electrons. The Morgan fingerprint density at radius 1 is 0.971 bits per heavy atom. The maximum absolute atomic E-state index is 13.1. The third-order valence-electron chi connectivity index (χ3n) is 5.14. The molecule has 7 heteroatoms. The van der Waals surface area contributed by atoms with Crippen molar-refractivity contribution >= 4 is 18.0 Å². The molecular weight excluding hydrogens is 433 g/mol. The van der Waals surface area contributed by atoms with Crippen molar-refractivity contribution in [1.82, 2.24) is 10.7 Å². The first kappa shape index (κ1) is 24.6. The highest BCUT2D eigenvalue weighted by Gasteiger charge is 2.24. The number of rotatable bonds is 9. The van der Waals surface area contributed by atoms with Crippen molar-refractivity contribution in [3.05, 3.63) is 101 Å². The van der Waals surface area contributed by atoms with E-state index >= 15 is 0 Å². The summed E-state index contributed by atoms with van der Waals surface area (Å²) >= 11 is 0. The summed E-state index contributed by atoms with van der Waals surface area (Å²) in [4.78, 5) is 25.0. The largest absolute Gasteiger partial charge is 0.489 e. The van der Waals surface area contributed by atoms with Crippen molar-refractivity contribution in [2.24, 2.45) is 11.0 Å². The van der Waals surface area contributed by atoms with Crippen LogP contribution in [0.1, 0.15) is 40.9 Å². The Morgan fingerprint density at radius 3 is 2.24 bits per heavy atom. The van der Waals surface area contributed by atoms with E-state index in [1.807, 2.05) is 69.3 Å². The second-order valence-electron chi connectivity index (χ2n) is 8.28. The number of ether oxygens (including phenoxy) is 1. The van der Waals surface area contributed by atoms with Crippen LogP contribution in [0, 0.1) is 18.7 Å². The summed E-state index contributed by atoms with van der Waals surface area (Å²) in [5.74, 6) is -0.789. The number of nitrogens with one attached hydrogen (secondary N) is 2. The van der Waals surface area contributed by atoms with Crippen molar-refractivity contribution in [3.8, 4) is 5.75 Å². The molecule has 3 aromatic rings. The normalized spacial score (nSPS) is 11.9. The van der Waals surface area contributed by atoms with Crippen LogP contribution >= 0.6 is 0 Å². The van der Waals surface area contributed by atoms with Gasteiger partial charge in [-0.15, -0.1) is 0 Å². The summed E-state index contributed by atoms with van der Waals surface area (Å²) < 4.78 is 18.9. The molecule has 2 N–H and O–H groups in total. The minimum atomic E-state index is -0.799. The predicted octanol–water partition coefficient (Wildman–Crippen LogP) is 4.62. The zero-order chi connectivity index (χ0) is 24.5. The van der Waals surface area contributed by atoms with Crippen LogP contribution in [0.4, 0.5) is 4.39 Å². The molecule has 0 radical (unpaired) electrons. The molecule has 0 aliphatic heterocycles. The van der Waals surface area contributed by atoms with Gasteiger partial charge in [0.05, 0.1) is 6.21 Å². The first-order chi connectivity index (χ1) is 16.3. The van der Waals surface area contributed by atoms with E-state index in [0.29, 0.717) is 6.61 Å². The van der Waals surface area contributed by atoms with Gasteiger partial charge in [-0.3, -0.25) is 9.59 Å². The van der Waals surface area contributed by atoms with E-state index in [-0.39, 0.29) is 11.5 Å². The summed E-state index contributed by atoms with van der Waals surface area (Å²) in [6.07, 6.45) is 1.51. The van der Waals surface area contributed by atoms with Gasteiger partial charge in [0.15, 0.2) is 0 Å². The second kappa shape index (κ2) is 11.7. The van der Waals surface area contributed by atoms with E-state index in [1.54, 1.807) is 0 Å². The van der Waals surface area contributed by atoms with Crippen molar-refractivity contribution in [3.63, 3.8) is 0 Å². The van der Waals surface area contributed by atoms with Gasteiger partial charge >= 0.3 is 0 Å². The fourth-order valence-corrected chi connectivity index (χ4v) is 3.10. The van der Waals surface area contributed by atoms with Gasteiger partial charge in [0, 0.05) is 5.56 Å². The quantitative estimate of drug-likeness (QED) is 0.361. The lowest BCUT2D eigenvalue weighted by molar-refractivity contribution is -0.123. The summed E-state index contributed by atoms with van der Waals surface area (Å²) in [5.41, 5.74) is 5.81. The molecule has 0 saturated carbocycles. The zero-order valence-corrected chi connectivity index (χ0v) is 19.4. The first-order valence-electron chi connectivity index (χ1n) is 11.0. The maximum Gasteiger partial charge on any atom is 0.262 e. The Bertz CT molecular complexity index is 1130. The lowest BCUT2D eigenvalue weighted by Crippen LogP contribution is -2.48.